The van der Waals surface area contributed by atoms with Gasteiger partial charge < -0.3 is 5.32 Å². The molecule has 2 aliphatic rings. The van der Waals surface area contributed by atoms with Gasteiger partial charge in [0.1, 0.15) is 0 Å². The van der Waals surface area contributed by atoms with Crippen molar-refractivity contribution in [2.45, 2.75) is 83.2 Å². The van der Waals surface area contributed by atoms with E-state index in [1.807, 2.05) is 18.2 Å². The van der Waals surface area contributed by atoms with Gasteiger partial charge in [0.05, 0.1) is 6.54 Å². The fourth-order valence-corrected chi connectivity index (χ4v) is 4.45. The van der Waals surface area contributed by atoms with E-state index in [0.29, 0.717) is 18.6 Å². The second-order valence-electron chi connectivity index (χ2n) is 7.62. The first-order valence-corrected chi connectivity index (χ1v) is 9.85. The van der Waals surface area contributed by atoms with Crippen molar-refractivity contribution in [2.24, 2.45) is 0 Å². The lowest BCUT2D eigenvalue weighted by atomic mass is 9.88. The number of amides is 1. The summed E-state index contributed by atoms with van der Waals surface area (Å²) >= 11 is 0. The van der Waals surface area contributed by atoms with Gasteiger partial charge >= 0.3 is 0 Å². The summed E-state index contributed by atoms with van der Waals surface area (Å²) in [6, 6.07) is 9.28. The van der Waals surface area contributed by atoms with E-state index in [9.17, 15) is 4.79 Å². The van der Waals surface area contributed by atoms with Gasteiger partial charge in [-0.15, -0.1) is 0 Å². The van der Waals surface area contributed by atoms with Gasteiger partial charge in [-0.1, -0.05) is 56.7 Å². The molecule has 3 rings (SSSR count). The lowest BCUT2D eigenvalue weighted by molar-refractivity contribution is -0.119. The molecule has 132 valence electrons. The van der Waals surface area contributed by atoms with Crippen molar-refractivity contribution in [1.82, 2.24) is 4.90 Å². The summed E-state index contributed by atoms with van der Waals surface area (Å²) in [4.78, 5) is 15.3. The molecule has 1 N–H and O–H groups in total. The standard InChI is InChI=1S/C21H32N2O/c1-17-10-8-9-15-20(17)22-21(24)16-23(18-11-4-2-5-12-18)19-13-6-3-7-14-19/h8-10,15,18-19H,2-7,11-14,16H2,1H3,(H,22,24). The molecule has 3 nitrogen and oxygen atoms in total. The minimum absolute atomic E-state index is 0.153. The Morgan fingerprint density at radius 1 is 0.958 bits per heavy atom. The maximum absolute atomic E-state index is 12.7. The number of rotatable bonds is 5. The maximum Gasteiger partial charge on any atom is 0.238 e. The lowest BCUT2D eigenvalue weighted by Crippen LogP contribution is -2.48. The highest BCUT2D eigenvalue weighted by Gasteiger charge is 2.30. The van der Waals surface area contributed by atoms with Gasteiger partial charge in [0.15, 0.2) is 0 Å². The highest BCUT2D eigenvalue weighted by Crippen LogP contribution is 2.30. The Labute approximate surface area is 146 Å². The first-order chi connectivity index (χ1) is 11.7. The van der Waals surface area contributed by atoms with Crippen molar-refractivity contribution >= 4 is 11.6 Å². The minimum Gasteiger partial charge on any atom is -0.325 e. The van der Waals surface area contributed by atoms with Crippen molar-refractivity contribution in [1.29, 1.82) is 0 Å². The summed E-state index contributed by atoms with van der Waals surface area (Å²) in [5, 5.41) is 3.14. The molecule has 24 heavy (non-hydrogen) atoms. The van der Waals surface area contributed by atoms with Crippen LogP contribution in [0.25, 0.3) is 0 Å². The van der Waals surface area contributed by atoms with Gasteiger partial charge in [-0.25, -0.2) is 0 Å². The van der Waals surface area contributed by atoms with Crippen molar-refractivity contribution < 1.29 is 4.79 Å². The van der Waals surface area contributed by atoms with Crippen molar-refractivity contribution in [3.63, 3.8) is 0 Å². The molecule has 0 saturated heterocycles. The zero-order valence-electron chi connectivity index (χ0n) is 15.1. The molecule has 2 saturated carbocycles. The van der Waals surface area contributed by atoms with E-state index in [1.165, 1.54) is 64.2 Å². The summed E-state index contributed by atoms with van der Waals surface area (Å²) in [5.41, 5.74) is 2.09. The van der Waals surface area contributed by atoms with Crippen LogP contribution in [0.15, 0.2) is 24.3 Å². The average molecular weight is 329 g/mol. The van der Waals surface area contributed by atoms with Crippen LogP contribution in [-0.4, -0.2) is 29.4 Å². The normalized spacial score (nSPS) is 20.2. The van der Waals surface area contributed by atoms with E-state index in [0.717, 1.165) is 11.3 Å². The van der Waals surface area contributed by atoms with E-state index >= 15 is 0 Å². The molecule has 0 aliphatic heterocycles. The smallest absolute Gasteiger partial charge is 0.238 e. The zero-order valence-corrected chi connectivity index (χ0v) is 15.1. The molecule has 0 atom stereocenters. The van der Waals surface area contributed by atoms with E-state index in [1.54, 1.807) is 0 Å². The summed E-state index contributed by atoms with van der Waals surface area (Å²) < 4.78 is 0. The average Bonchev–Trinajstić information content (AvgIpc) is 2.63. The molecule has 0 bridgehead atoms. The third-order valence-corrected chi connectivity index (χ3v) is 5.83. The highest BCUT2D eigenvalue weighted by atomic mass is 16.2. The second-order valence-corrected chi connectivity index (χ2v) is 7.62. The van der Waals surface area contributed by atoms with Crippen LogP contribution in [-0.2, 0) is 4.79 Å². The molecule has 3 heteroatoms. The van der Waals surface area contributed by atoms with Gasteiger partial charge in [0, 0.05) is 17.8 Å². The number of nitrogens with zero attached hydrogens (tertiary/aromatic N) is 1. The van der Waals surface area contributed by atoms with Crippen LogP contribution in [0.5, 0.6) is 0 Å². The SMILES string of the molecule is Cc1ccccc1NC(=O)CN(C1CCCCC1)C1CCCCC1. The Morgan fingerprint density at radius 2 is 1.50 bits per heavy atom. The number of nitrogens with one attached hydrogen (secondary N) is 1. The monoisotopic (exact) mass is 328 g/mol. The topological polar surface area (TPSA) is 32.3 Å². The molecule has 1 aromatic rings. The van der Waals surface area contributed by atoms with Crippen LogP contribution < -0.4 is 5.32 Å². The van der Waals surface area contributed by atoms with Crippen LogP contribution in [0.1, 0.15) is 69.8 Å². The Morgan fingerprint density at radius 3 is 2.04 bits per heavy atom. The number of aryl methyl sites for hydroxylation is 1. The Kier molecular flexibility index (Phi) is 6.30. The van der Waals surface area contributed by atoms with Gasteiger partial charge in [-0.3, -0.25) is 9.69 Å². The minimum atomic E-state index is 0.153. The van der Waals surface area contributed by atoms with Gasteiger partial charge in [-0.2, -0.15) is 0 Å². The molecule has 2 aliphatic carbocycles. The summed E-state index contributed by atoms with van der Waals surface area (Å²) in [6.45, 7) is 2.61. The summed E-state index contributed by atoms with van der Waals surface area (Å²) in [7, 11) is 0. The summed E-state index contributed by atoms with van der Waals surface area (Å²) in [5.74, 6) is 0.153. The molecule has 1 amide bonds. The van der Waals surface area contributed by atoms with Gasteiger partial charge in [0.25, 0.3) is 0 Å². The Bertz CT molecular complexity index is 512. The van der Waals surface area contributed by atoms with Crippen LogP contribution in [0, 0.1) is 6.92 Å². The second kappa shape index (κ2) is 8.66. The first-order valence-electron chi connectivity index (χ1n) is 9.85. The Balaban J connectivity index is 1.65. The molecule has 2 fully saturated rings. The van der Waals surface area contributed by atoms with E-state index < -0.39 is 0 Å². The molecular weight excluding hydrogens is 296 g/mol. The predicted molar refractivity (Wildman–Crippen MR) is 100 cm³/mol. The molecule has 0 aromatic heterocycles. The number of hydrogen-bond donors (Lipinski definition) is 1. The molecule has 0 heterocycles. The quantitative estimate of drug-likeness (QED) is 0.833. The van der Waals surface area contributed by atoms with Gasteiger partial charge in [0.2, 0.25) is 5.91 Å². The Hall–Kier alpha value is -1.35. The first kappa shape index (κ1) is 17.5. The van der Waals surface area contributed by atoms with E-state index in [-0.39, 0.29) is 5.91 Å². The molecule has 0 spiro atoms. The summed E-state index contributed by atoms with van der Waals surface area (Å²) in [6.07, 6.45) is 13.1. The predicted octanol–water partition coefficient (Wildman–Crippen LogP) is 4.90. The van der Waals surface area contributed by atoms with E-state index in [2.05, 4.69) is 23.2 Å². The number of carbonyl (C=O) groups excluding carboxylic acids is 1. The largest absolute Gasteiger partial charge is 0.325 e. The number of para-hydroxylation sites is 1. The third kappa shape index (κ3) is 4.60. The van der Waals surface area contributed by atoms with Crippen LogP contribution in [0.2, 0.25) is 0 Å². The molecule has 1 aromatic carbocycles. The number of hydrogen-bond acceptors (Lipinski definition) is 2. The maximum atomic E-state index is 12.7. The molecular formula is C21H32N2O. The van der Waals surface area contributed by atoms with Gasteiger partial charge in [-0.05, 0) is 44.2 Å². The lowest BCUT2D eigenvalue weighted by Gasteiger charge is -2.41. The van der Waals surface area contributed by atoms with Crippen molar-refractivity contribution in [3.05, 3.63) is 29.8 Å². The third-order valence-electron chi connectivity index (χ3n) is 5.83. The number of benzene rings is 1. The molecule has 0 radical (unpaired) electrons. The van der Waals surface area contributed by atoms with Crippen LogP contribution in [0.4, 0.5) is 5.69 Å². The van der Waals surface area contributed by atoms with Crippen LogP contribution in [0.3, 0.4) is 0 Å². The van der Waals surface area contributed by atoms with Crippen LogP contribution >= 0.6 is 0 Å². The van der Waals surface area contributed by atoms with Crippen molar-refractivity contribution in [2.75, 3.05) is 11.9 Å². The zero-order chi connectivity index (χ0) is 16.8. The van der Waals surface area contributed by atoms with Crippen molar-refractivity contribution in [3.8, 4) is 0 Å². The number of carbonyl (C=O) groups is 1. The fourth-order valence-electron chi connectivity index (χ4n) is 4.45. The van der Waals surface area contributed by atoms with E-state index in [4.69, 9.17) is 0 Å². The fraction of sp³-hybridized carbons (Fsp3) is 0.667. The highest BCUT2D eigenvalue weighted by molar-refractivity contribution is 5.93. The number of anilines is 1. The molecule has 0 unspecified atom stereocenters.